The summed E-state index contributed by atoms with van der Waals surface area (Å²) in [7, 11) is 0. The summed E-state index contributed by atoms with van der Waals surface area (Å²) in [6, 6.07) is -2.74. The monoisotopic (exact) mass is 468 g/mol. The van der Waals surface area contributed by atoms with E-state index in [0.29, 0.717) is 0 Å². The van der Waals surface area contributed by atoms with Crippen LogP contribution < -0.4 is 22.9 Å². The average molecular weight is 469 g/mol. The average Bonchev–Trinajstić information content (AvgIpc) is 2.76. The maximum absolute atomic E-state index is 10.7. The molecule has 14 nitrogen and oxygen atoms in total. The maximum atomic E-state index is 10.7. The van der Waals surface area contributed by atoms with E-state index in [-0.39, 0.29) is 13.0 Å². The first kappa shape index (κ1) is 26.1. The smallest absolute Gasteiger partial charge is 0.187 e. The van der Waals surface area contributed by atoms with Crippen LogP contribution in [0.15, 0.2) is 0 Å². The lowest BCUT2D eigenvalue weighted by Crippen LogP contribution is -2.69. The van der Waals surface area contributed by atoms with Gasteiger partial charge in [0.25, 0.3) is 0 Å². The molecule has 0 radical (unpaired) electrons. The Bertz CT molecular complexity index is 620. The summed E-state index contributed by atoms with van der Waals surface area (Å²) in [6.07, 6.45) is -15.3. The number of rotatable bonds is 5. The van der Waals surface area contributed by atoms with Crippen molar-refractivity contribution in [1.29, 1.82) is 0 Å². The summed E-state index contributed by atoms with van der Waals surface area (Å²) < 4.78 is 22.7. The van der Waals surface area contributed by atoms with Crippen molar-refractivity contribution in [3.8, 4) is 0 Å². The van der Waals surface area contributed by atoms with Crippen LogP contribution in [0.25, 0.3) is 0 Å². The second-order valence-electron chi connectivity index (χ2n) is 8.77. The van der Waals surface area contributed by atoms with Gasteiger partial charge in [0.05, 0.1) is 18.2 Å². The van der Waals surface area contributed by atoms with E-state index in [1.807, 2.05) is 0 Å². The predicted octanol–water partition coefficient (Wildman–Crippen LogP) is -6.26. The zero-order chi connectivity index (χ0) is 23.9. The van der Waals surface area contributed by atoms with Crippen LogP contribution in [-0.2, 0) is 18.9 Å². The maximum Gasteiger partial charge on any atom is 0.187 e. The molecular weight excluding hydrogens is 432 g/mol. The Hall–Kier alpha value is -0.560. The number of hydrogen-bond donors (Lipinski definition) is 10. The lowest BCUT2D eigenvalue weighted by molar-refractivity contribution is -0.338. The predicted molar refractivity (Wildman–Crippen MR) is 106 cm³/mol. The van der Waals surface area contributed by atoms with Crippen LogP contribution in [0.5, 0.6) is 0 Å². The molecule has 0 aromatic rings. The Balaban J connectivity index is 1.79. The Morgan fingerprint density at radius 3 is 1.97 bits per heavy atom. The van der Waals surface area contributed by atoms with Gasteiger partial charge in [0, 0.05) is 18.6 Å². The molecular formula is C18H36N4O10. The zero-order valence-electron chi connectivity index (χ0n) is 17.7. The number of nitrogens with two attached hydrogens (primary N) is 4. The van der Waals surface area contributed by atoms with Crippen LogP contribution in [0.1, 0.15) is 13.3 Å². The van der Waals surface area contributed by atoms with Crippen LogP contribution in [0.2, 0.25) is 0 Å². The molecule has 188 valence electrons. The fourth-order valence-corrected chi connectivity index (χ4v) is 4.31. The highest BCUT2D eigenvalue weighted by Gasteiger charge is 2.51. The molecule has 2 heterocycles. The zero-order valence-corrected chi connectivity index (χ0v) is 17.7. The molecule has 0 spiro atoms. The van der Waals surface area contributed by atoms with Crippen molar-refractivity contribution in [1.82, 2.24) is 0 Å². The summed E-state index contributed by atoms with van der Waals surface area (Å²) in [4.78, 5) is 0. The van der Waals surface area contributed by atoms with E-state index in [2.05, 4.69) is 0 Å². The van der Waals surface area contributed by atoms with Gasteiger partial charge in [-0.15, -0.1) is 0 Å². The quantitative estimate of drug-likeness (QED) is 0.180. The second kappa shape index (κ2) is 10.4. The Morgan fingerprint density at radius 2 is 1.34 bits per heavy atom. The molecule has 15 atom stereocenters. The van der Waals surface area contributed by atoms with E-state index in [1.165, 1.54) is 6.92 Å². The highest BCUT2D eigenvalue weighted by atomic mass is 16.7. The molecule has 0 unspecified atom stereocenters. The number of aliphatic hydroxyl groups is 6. The van der Waals surface area contributed by atoms with Gasteiger partial charge >= 0.3 is 0 Å². The molecule has 14 N–H and O–H groups in total. The number of aliphatic hydroxyl groups excluding tert-OH is 6. The van der Waals surface area contributed by atoms with E-state index in [1.54, 1.807) is 0 Å². The summed E-state index contributed by atoms with van der Waals surface area (Å²) in [5.41, 5.74) is 23.7. The largest absolute Gasteiger partial charge is 0.389 e. The fourth-order valence-electron chi connectivity index (χ4n) is 4.31. The lowest BCUT2D eigenvalue weighted by atomic mass is 9.84. The van der Waals surface area contributed by atoms with Gasteiger partial charge in [0.15, 0.2) is 12.6 Å². The standard InChI is InChI=1S/C18H36N4O10/c1-4-9(23)13(27)14(28)18(29-4)32-16-10(24)5(20)2-6(21)15(16)31-17-8(22)12(26)11(25)7(3-19)30-17/h4-18,23-28H,2-3,19-22H2,1H3/t4-,5-,6+,7-,8-,9-,10+,11-,12-,13+,14-,15-,16-,17-,18+/m1/s1. The number of ether oxygens (including phenoxy) is 4. The van der Waals surface area contributed by atoms with E-state index < -0.39 is 91.7 Å². The normalized spacial score (nSPS) is 55.0. The molecule has 0 aromatic heterocycles. The van der Waals surface area contributed by atoms with Gasteiger partial charge in [0.1, 0.15) is 48.8 Å². The van der Waals surface area contributed by atoms with Crippen LogP contribution >= 0.6 is 0 Å². The van der Waals surface area contributed by atoms with Gasteiger partial charge in [0.2, 0.25) is 0 Å². The first-order chi connectivity index (χ1) is 15.0. The van der Waals surface area contributed by atoms with Gasteiger partial charge < -0.3 is 72.5 Å². The van der Waals surface area contributed by atoms with Crippen molar-refractivity contribution >= 4 is 0 Å². The van der Waals surface area contributed by atoms with Crippen molar-refractivity contribution in [2.45, 2.75) is 105 Å². The minimum absolute atomic E-state index is 0.116. The molecule has 32 heavy (non-hydrogen) atoms. The highest BCUT2D eigenvalue weighted by molar-refractivity contribution is 5.01. The van der Waals surface area contributed by atoms with Crippen molar-refractivity contribution in [3.63, 3.8) is 0 Å². The van der Waals surface area contributed by atoms with E-state index in [4.69, 9.17) is 41.9 Å². The summed E-state index contributed by atoms with van der Waals surface area (Å²) in [6.45, 7) is 1.36. The van der Waals surface area contributed by atoms with E-state index >= 15 is 0 Å². The minimum atomic E-state index is -1.63. The van der Waals surface area contributed by atoms with Gasteiger partial charge in [-0.2, -0.15) is 0 Å². The molecule has 3 aliphatic rings. The molecule has 1 saturated carbocycles. The molecule has 2 saturated heterocycles. The molecule has 0 aromatic carbocycles. The highest BCUT2D eigenvalue weighted by Crippen LogP contribution is 2.31. The van der Waals surface area contributed by atoms with E-state index in [9.17, 15) is 30.6 Å². The first-order valence-corrected chi connectivity index (χ1v) is 10.6. The Kier molecular flexibility index (Phi) is 8.44. The third-order valence-electron chi connectivity index (χ3n) is 6.44. The first-order valence-electron chi connectivity index (χ1n) is 10.6. The van der Waals surface area contributed by atoms with Gasteiger partial charge in [-0.1, -0.05) is 0 Å². The molecule has 0 amide bonds. The molecule has 3 fully saturated rings. The molecule has 14 heteroatoms. The fraction of sp³-hybridized carbons (Fsp3) is 1.00. The second-order valence-corrected chi connectivity index (χ2v) is 8.77. The molecule has 3 rings (SSSR count). The molecule has 2 aliphatic heterocycles. The van der Waals surface area contributed by atoms with Crippen LogP contribution in [-0.4, -0.2) is 129 Å². The van der Waals surface area contributed by atoms with Crippen molar-refractivity contribution in [2.75, 3.05) is 6.54 Å². The SMILES string of the molecule is C[C@H]1O[C@@H](O[C@@H]2[C@@H](O)[C@H](N)C[C@H](N)[C@H]2O[C@H]2O[C@H](CN)[C@@H](O)[C@H](O)[C@H]2N)[C@H](O)[C@@H](O)[C@@H]1O. The third-order valence-corrected chi connectivity index (χ3v) is 6.44. The van der Waals surface area contributed by atoms with Crippen LogP contribution in [0, 0.1) is 0 Å². The topological polar surface area (TPSA) is 262 Å². The van der Waals surface area contributed by atoms with Gasteiger partial charge in [-0.3, -0.25) is 0 Å². The Labute approximate surface area is 185 Å². The third kappa shape index (κ3) is 4.94. The van der Waals surface area contributed by atoms with E-state index in [0.717, 1.165) is 0 Å². The summed E-state index contributed by atoms with van der Waals surface area (Å²) >= 11 is 0. The summed E-state index contributed by atoms with van der Waals surface area (Å²) in [5.74, 6) is 0. The Morgan fingerprint density at radius 1 is 0.719 bits per heavy atom. The number of hydrogen-bond acceptors (Lipinski definition) is 14. The molecule has 0 bridgehead atoms. The van der Waals surface area contributed by atoms with Crippen molar-refractivity contribution in [2.24, 2.45) is 22.9 Å². The van der Waals surface area contributed by atoms with Crippen LogP contribution in [0.4, 0.5) is 0 Å². The van der Waals surface area contributed by atoms with Gasteiger partial charge in [-0.05, 0) is 13.3 Å². The minimum Gasteiger partial charge on any atom is -0.389 e. The van der Waals surface area contributed by atoms with Gasteiger partial charge in [-0.25, -0.2) is 0 Å². The van der Waals surface area contributed by atoms with Crippen molar-refractivity contribution in [3.05, 3.63) is 0 Å². The molecule has 1 aliphatic carbocycles. The van der Waals surface area contributed by atoms with Crippen LogP contribution in [0.3, 0.4) is 0 Å². The van der Waals surface area contributed by atoms with Crippen molar-refractivity contribution < 1.29 is 49.6 Å². The summed E-state index contributed by atoms with van der Waals surface area (Å²) in [5, 5.41) is 61.2. The lowest BCUT2D eigenvalue weighted by Gasteiger charge is -2.48.